The minimum absolute atomic E-state index is 0.00233. The summed E-state index contributed by atoms with van der Waals surface area (Å²) in [5.74, 6) is 0. The lowest BCUT2D eigenvalue weighted by Crippen LogP contribution is -2.46. The van der Waals surface area contributed by atoms with E-state index in [-0.39, 0.29) is 17.7 Å². The van der Waals surface area contributed by atoms with Crippen molar-refractivity contribution in [3.8, 4) is 11.1 Å². The molecule has 4 rings (SSSR count). The highest BCUT2D eigenvalue weighted by atomic mass is 35.5. The lowest BCUT2D eigenvalue weighted by molar-refractivity contribution is 0.107. The SMILES string of the molecule is CN(C(=O)OCc1ccccc1)n1c(C(=O)Cl)c(-c2ccccc2)c2cc(Cl)ccc2c1=O. The Morgan fingerprint density at radius 2 is 1.58 bits per heavy atom. The molecule has 6 nitrogen and oxygen atoms in total. The van der Waals surface area contributed by atoms with Gasteiger partial charge in [0.25, 0.3) is 10.8 Å². The zero-order valence-corrected chi connectivity index (χ0v) is 19.0. The second-order valence-corrected chi connectivity index (χ2v) is 8.01. The summed E-state index contributed by atoms with van der Waals surface area (Å²) in [6, 6.07) is 22.8. The molecule has 0 aliphatic rings. The van der Waals surface area contributed by atoms with Crippen molar-refractivity contribution < 1.29 is 14.3 Å². The van der Waals surface area contributed by atoms with E-state index in [1.54, 1.807) is 54.6 Å². The second kappa shape index (κ2) is 9.48. The van der Waals surface area contributed by atoms with Gasteiger partial charge in [-0.1, -0.05) is 72.3 Å². The highest BCUT2D eigenvalue weighted by Crippen LogP contribution is 2.33. The Bertz CT molecular complexity index is 1400. The predicted octanol–water partition coefficient (Wildman–Crippen LogP) is 5.61. The first kappa shape index (κ1) is 22.6. The van der Waals surface area contributed by atoms with E-state index in [0.29, 0.717) is 21.5 Å². The number of benzene rings is 3. The van der Waals surface area contributed by atoms with Crippen molar-refractivity contribution in [3.63, 3.8) is 0 Å². The zero-order chi connectivity index (χ0) is 23.5. The smallest absolute Gasteiger partial charge is 0.429 e. The van der Waals surface area contributed by atoms with E-state index in [1.807, 2.05) is 24.3 Å². The summed E-state index contributed by atoms with van der Waals surface area (Å²) in [6.45, 7) is -0.00233. The first-order valence-corrected chi connectivity index (χ1v) is 10.7. The summed E-state index contributed by atoms with van der Waals surface area (Å²) in [5.41, 5.74) is 1.02. The van der Waals surface area contributed by atoms with Crippen LogP contribution in [0.15, 0.2) is 83.7 Å². The highest BCUT2D eigenvalue weighted by Gasteiger charge is 2.27. The summed E-state index contributed by atoms with van der Waals surface area (Å²) in [4.78, 5) is 38.9. The first-order chi connectivity index (χ1) is 15.9. The van der Waals surface area contributed by atoms with Gasteiger partial charge in [-0.25, -0.2) is 14.5 Å². The molecule has 33 heavy (non-hydrogen) atoms. The second-order valence-electron chi connectivity index (χ2n) is 7.23. The first-order valence-electron chi connectivity index (χ1n) is 9.96. The third-order valence-corrected chi connectivity index (χ3v) is 5.55. The van der Waals surface area contributed by atoms with Crippen molar-refractivity contribution in [3.05, 3.63) is 105 Å². The van der Waals surface area contributed by atoms with E-state index in [4.69, 9.17) is 27.9 Å². The molecule has 1 aromatic heterocycles. The molecule has 0 saturated carbocycles. The fourth-order valence-electron chi connectivity index (χ4n) is 3.62. The van der Waals surface area contributed by atoms with Gasteiger partial charge in [-0.2, -0.15) is 0 Å². The number of hydrogen-bond donors (Lipinski definition) is 0. The van der Waals surface area contributed by atoms with Crippen LogP contribution in [-0.4, -0.2) is 23.1 Å². The monoisotopic (exact) mass is 480 g/mol. The minimum atomic E-state index is -0.907. The molecule has 0 saturated heterocycles. The number of carbonyl (C=O) groups is 2. The minimum Gasteiger partial charge on any atom is -0.443 e. The molecular weight excluding hydrogens is 463 g/mol. The number of ether oxygens (including phenoxy) is 1. The molecule has 0 spiro atoms. The number of carbonyl (C=O) groups excluding carboxylic acids is 2. The Morgan fingerprint density at radius 3 is 2.21 bits per heavy atom. The molecular formula is C25H18Cl2N2O4. The Morgan fingerprint density at radius 1 is 0.939 bits per heavy atom. The van der Waals surface area contributed by atoms with Crippen LogP contribution in [0.3, 0.4) is 0 Å². The highest BCUT2D eigenvalue weighted by molar-refractivity contribution is 6.68. The van der Waals surface area contributed by atoms with Crippen molar-refractivity contribution in [1.82, 2.24) is 4.68 Å². The Kier molecular flexibility index (Phi) is 6.49. The van der Waals surface area contributed by atoms with Crippen LogP contribution < -0.4 is 10.6 Å². The van der Waals surface area contributed by atoms with E-state index in [0.717, 1.165) is 15.2 Å². The van der Waals surface area contributed by atoms with Crippen LogP contribution in [0.4, 0.5) is 4.79 Å². The van der Waals surface area contributed by atoms with Crippen molar-refractivity contribution >= 4 is 45.3 Å². The van der Waals surface area contributed by atoms with Crippen LogP contribution in [0.5, 0.6) is 0 Å². The van der Waals surface area contributed by atoms with Gasteiger partial charge in [0.05, 0.1) is 0 Å². The number of rotatable bonds is 5. The molecule has 0 aliphatic heterocycles. The summed E-state index contributed by atoms with van der Waals surface area (Å²) in [7, 11) is 1.34. The molecule has 0 radical (unpaired) electrons. The maximum absolute atomic E-state index is 13.4. The third-order valence-electron chi connectivity index (χ3n) is 5.14. The molecule has 0 unspecified atom stereocenters. The van der Waals surface area contributed by atoms with Gasteiger partial charge in [0.2, 0.25) is 0 Å². The summed E-state index contributed by atoms with van der Waals surface area (Å²) < 4.78 is 6.31. The molecule has 0 atom stereocenters. The number of fused-ring (bicyclic) bond motifs is 1. The van der Waals surface area contributed by atoms with Crippen LogP contribution in [0.2, 0.25) is 5.02 Å². The molecule has 0 fully saturated rings. The molecule has 0 aliphatic carbocycles. The number of nitrogens with zero attached hydrogens (tertiary/aromatic N) is 2. The lowest BCUT2D eigenvalue weighted by Gasteiger charge is -2.24. The van der Waals surface area contributed by atoms with E-state index < -0.39 is 16.9 Å². The Hall–Kier alpha value is -3.61. The normalized spacial score (nSPS) is 10.8. The maximum atomic E-state index is 13.4. The number of hydrogen-bond acceptors (Lipinski definition) is 4. The predicted molar refractivity (Wildman–Crippen MR) is 130 cm³/mol. The number of aromatic nitrogens is 1. The zero-order valence-electron chi connectivity index (χ0n) is 17.5. The summed E-state index contributed by atoms with van der Waals surface area (Å²) in [6.07, 6.45) is -0.826. The molecule has 0 bridgehead atoms. The van der Waals surface area contributed by atoms with Crippen LogP contribution >= 0.6 is 23.2 Å². The molecule has 166 valence electrons. The van der Waals surface area contributed by atoms with Crippen molar-refractivity contribution in [2.24, 2.45) is 0 Å². The van der Waals surface area contributed by atoms with Gasteiger partial charge >= 0.3 is 6.09 Å². The van der Waals surface area contributed by atoms with E-state index in [1.165, 1.54) is 7.05 Å². The molecule has 0 N–H and O–H groups in total. The number of pyridine rings is 1. The Balaban J connectivity index is 1.91. The van der Waals surface area contributed by atoms with Crippen LogP contribution in [0, 0.1) is 0 Å². The topological polar surface area (TPSA) is 68.6 Å². The van der Waals surface area contributed by atoms with Crippen molar-refractivity contribution in [2.75, 3.05) is 12.1 Å². The molecule has 8 heteroatoms. The van der Waals surface area contributed by atoms with Crippen molar-refractivity contribution in [2.45, 2.75) is 6.61 Å². The standard InChI is InChI=1S/C25H18Cl2N2O4/c1-28(25(32)33-15-16-8-4-2-5-9-16)29-22(23(27)30)21(17-10-6-3-7-11-17)20-14-18(26)12-13-19(20)24(29)31/h2-14H,15H2,1H3. The average Bonchev–Trinajstić information content (AvgIpc) is 2.83. The fourth-order valence-corrected chi connectivity index (χ4v) is 3.96. The number of halogens is 2. The van der Waals surface area contributed by atoms with Gasteiger partial charge in [0.15, 0.2) is 0 Å². The third kappa shape index (κ3) is 4.49. The molecule has 3 aromatic carbocycles. The summed E-state index contributed by atoms with van der Waals surface area (Å²) in [5, 5.41) is 1.14. The van der Waals surface area contributed by atoms with E-state index in [2.05, 4.69) is 0 Å². The molecule has 1 heterocycles. The van der Waals surface area contributed by atoms with Gasteiger partial charge in [-0.3, -0.25) is 9.59 Å². The van der Waals surface area contributed by atoms with Gasteiger partial charge < -0.3 is 4.74 Å². The maximum Gasteiger partial charge on any atom is 0.429 e. The van der Waals surface area contributed by atoms with E-state index >= 15 is 0 Å². The molecule has 4 aromatic rings. The average molecular weight is 481 g/mol. The van der Waals surface area contributed by atoms with Crippen LogP contribution in [0.25, 0.3) is 21.9 Å². The largest absolute Gasteiger partial charge is 0.443 e. The van der Waals surface area contributed by atoms with Crippen LogP contribution in [0.1, 0.15) is 16.1 Å². The fraction of sp³-hybridized carbons (Fsp3) is 0.0800. The van der Waals surface area contributed by atoms with Gasteiger partial charge in [-0.05, 0) is 46.3 Å². The lowest BCUT2D eigenvalue weighted by atomic mass is 9.97. The Labute approximate surface area is 199 Å². The van der Waals surface area contributed by atoms with Gasteiger partial charge in [0.1, 0.15) is 12.3 Å². The summed E-state index contributed by atoms with van der Waals surface area (Å²) >= 11 is 12.2. The quantitative estimate of drug-likeness (QED) is 0.348. The van der Waals surface area contributed by atoms with E-state index in [9.17, 15) is 14.4 Å². The van der Waals surface area contributed by atoms with Gasteiger partial charge in [-0.15, -0.1) is 0 Å². The van der Waals surface area contributed by atoms with Crippen molar-refractivity contribution in [1.29, 1.82) is 0 Å². The molecule has 1 amide bonds. The number of amides is 1. The van der Waals surface area contributed by atoms with Crippen LogP contribution in [-0.2, 0) is 11.3 Å². The van der Waals surface area contributed by atoms with Gasteiger partial charge in [0, 0.05) is 23.0 Å².